The van der Waals surface area contributed by atoms with Crippen LogP contribution in [-0.2, 0) is 0 Å². The van der Waals surface area contributed by atoms with Crippen LogP contribution in [0.25, 0.3) is 5.03 Å². The van der Waals surface area contributed by atoms with Crippen LogP contribution in [0.1, 0.15) is 12.5 Å². The quantitative estimate of drug-likeness (QED) is 0.694. The number of hydrogen-bond donors (Lipinski definition) is 0. The first-order chi connectivity index (χ1) is 6.54. The summed E-state index contributed by atoms with van der Waals surface area (Å²) in [5.74, 6) is 0. The van der Waals surface area contributed by atoms with E-state index in [1.165, 1.54) is 0 Å². The highest BCUT2D eigenvalue weighted by Gasteiger charge is 2.04. The zero-order valence-electron chi connectivity index (χ0n) is 7.31. The van der Waals surface area contributed by atoms with E-state index in [9.17, 15) is 0 Å². The van der Waals surface area contributed by atoms with E-state index >= 15 is 0 Å². The second-order valence-corrected chi connectivity index (χ2v) is 4.44. The number of nitrogens with zero attached hydrogens (tertiary/aromatic N) is 1. The van der Waals surface area contributed by atoms with Crippen LogP contribution in [0.2, 0.25) is 5.02 Å². The van der Waals surface area contributed by atoms with E-state index in [0.717, 1.165) is 10.0 Å². The van der Waals surface area contributed by atoms with Gasteiger partial charge in [0, 0.05) is 15.1 Å². The Kier molecular flexibility index (Phi) is 4.00. The summed E-state index contributed by atoms with van der Waals surface area (Å²) >= 11 is 15.1. The van der Waals surface area contributed by atoms with Gasteiger partial charge in [0.15, 0.2) is 0 Å². The Hall–Kier alpha value is -0.490. The van der Waals surface area contributed by atoms with Crippen molar-refractivity contribution in [1.29, 1.82) is 5.26 Å². The molecule has 14 heavy (non-hydrogen) atoms. The third-order valence-corrected chi connectivity index (χ3v) is 2.79. The fourth-order valence-electron chi connectivity index (χ4n) is 0.946. The van der Waals surface area contributed by atoms with Gasteiger partial charge in [-0.2, -0.15) is 5.26 Å². The van der Waals surface area contributed by atoms with Crippen LogP contribution in [0, 0.1) is 11.3 Å². The molecule has 1 nitrogen and oxygen atoms in total. The average Bonchev–Trinajstić information content (AvgIpc) is 2.14. The Morgan fingerprint density at radius 3 is 2.57 bits per heavy atom. The minimum Gasteiger partial charge on any atom is -0.193 e. The number of halogens is 3. The fraction of sp³-hybridized carbons (Fsp3) is 0.100. The first kappa shape index (κ1) is 11.6. The monoisotopic (exact) mass is 289 g/mol. The number of hydrogen-bond acceptors (Lipinski definition) is 1. The van der Waals surface area contributed by atoms with E-state index in [1.54, 1.807) is 19.1 Å². The van der Waals surface area contributed by atoms with Crippen molar-refractivity contribution >= 4 is 44.2 Å². The molecule has 0 bridgehead atoms. The lowest BCUT2D eigenvalue weighted by atomic mass is 10.1. The minimum atomic E-state index is 0.427. The molecule has 1 rings (SSSR count). The highest BCUT2D eigenvalue weighted by atomic mass is 79.9. The van der Waals surface area contributed by atoms with Crippen molar-refractivity contribution in [3.05, 3.63) is 38.8 Å². The van der Waals surface area contributed by atoms with Crippen molar-refractivity contribution in [2.45, 2.75) is 6.92 Å². The van der Waals surface area contributed by atoms with Crippen LogP contribution in [0.5, 0.6) is 0 Å². The average molecular weight is 291 g/mol. The Morgan fingerprint density at radius 1 is 1.43 bits per heavy atom. The molecule has 0 aromatic heterocycles. The van der Waals surface area contributed by atoms with E-state index in [2.05, 4.69) is 15.9 Å². The maximum atomic E-state index is 8.67. The van der Waals surface area contributed by atoms with Crippen LogP contribution in [-0.4, -0.2) is 0 Å². The van der Waals surface area contributed by atoms with Crippen molar-refractivity contribution in [1.82, 2.24) is 0 Å². The summed E-state index contributed by atoms with van der Waals surface area (Å²) in [6, 6.07) is 7.28. The van der Waals surface area contributed by atoms with E-state index < -0.39 is 0 Å². The molecule has 0 heterocycles. The van der Waals surface area contributed by atoms with Gasteiger partial charge in [-0.25, -0.2) is 0 Å². The van der Waals surface area contributed by atoms with E-state index in [4.69, 9.17) is 28.5 Å². The topological polar surface area (TPSA) is 23.8 Å². The van der Waals surface area contributed by atoms with E-state index in [-0.39, 0.29) is 0 Å². The van der Waals surface area contributed by atoms with Crippen LogP contribution >= 0.6 is 39.1 Å². The maximum Gasteiger partial charge on any atom is 0.0959 e. The molecule has 0 unspecified atom stereocenters. The smallest absolute Gasteiger partial charge is 0.0959 e. The zero-order valence-corrected chi connectivity index (χ0v) is 10.4. The van der Waals surface area contributed by atoms with Gasteiger partial charge in [0.25, 0.3) is 0 Å². The van der Waals surface area contributed by atoms with Gasteiger partial charge >= 0.3 is 0 Å². The molecule has 0 aliphatic heterocycles. The lowest BCUT2D eigenvalue weighted by molar-refractivity contribution is 1.45. The van der Waals surface area contributed by atoms with Crippen molar-refractivity contribution in [2.24, 2.45) is 0 Å². The Bertz CT molecular complexity index is 412. The number of benzene rings is 1. The lowest BCUT2D eigenvalue weighted by Crippen LogP contribution is -1.81. The van der Waals surface area contributed by atoms with Gasteiger partial charge in [0.2, 0.25) is 0 Å². The highest BCUT2D eigenvalue weighted by Crippen LogP contribution is 2.28. The molecular formula is C10H6BrCl2N. The lowest BCUT2D eigenvalue weighted by Gasteiger charge is -2.02. The Morgan fingerprint density at radius 2 is 2.07 bits per heavy atom. The number of nitriles is 1. The minimum absolute atomic E-state index is 0.427. The molecule has 0 aliphatic rings. The highest BCUT2D eigenvalue weighted by molar-refractivity contribution is 9.10. The van der Waals surface area contributed by atoms with Gasteiger partial charge in [0.1, 0.15) is 0 Å². The first-order valence-corrected chi connectivity index (χ1v) is 5.32. The molecule has 0 radical (unpaired) electrons. The maximum absolute atomic E-state index is 8.67. The fourth-order valence-corrected chi connectivity index (χ4v) is 1.96. The van der Waals surface area contributed by atoms with Gasteiger partial charge in [-0.15, -0.1) is 0 Å². The molecule has 0 saturated heterocycles. The van der Waals surface area contributed by atoms with Crippen LogP contribution in [0.15, 0.2) is 28.2 Å². The summed E-state index contributed by atoms with van der Waals surface area (Å²) in [6.45, 7) is 1.66. The van der Waals surface area contributed by atoms with Crippen LogP contribution < -0.4 is 0 Å². The molecule has 0 fully saturated rings. The summed E-state index contributed by atoms with van der Waals surface area (Å²) in [7, 11) is 0. The second-order valence-electron chi connectivity index (χ2n) is 2.71. The second kappa shape index (κ2) is 4.84. The Labute approximate surface area is 101 Å². The standard InChI is InChI=1S/C10H6BrCl2N/c1-6(5-14)10(13)7-2-8(11)4-9(12)3-7/h2-4H,1H3/b10-6-. The molecule has 0 aliphatic carbocycles. The van der Waals surface area contributed by atoms with Crippen molar-refractivity contribution < 1.29 is 0 Å². The molecule has 1 aromatic carbocycles. The molecule has 4 heteroatoms. The van der Waals surface area contributed by atoms with Gasteiger partial charge in [-0.1, -0.05) is 39.1 Å². The van der Waals surface area contributed by atoms with E-state index in [0.29, 0.717) is 15.6 Å². The molecule has 72 valence electrons. The summed E-state index contributed by atoms with van der Waals surface area (Å²) in [5.41, 5.74) is 1.21. The molecule has 0 N–H and O–H groups in total. The normalized spacial score (nSPS) is 11.9. The summed E-state index contributed by atoms with van der Waals surface area (Å²) in [6.07, 6.45) is 0. The van der Waals surface area contributed by atoms with Gasteiger partial charge in [-0.05, 0) is 30.7 Å². The molecule has 0 atom stereocenters. The predicted octanol–water partition coefficient (Wildman–Crippen LogP) is 4.60. The van der Waals surface area contributed by atoms with Crippen molar-refractivity contribution in [3.63, 3.8) is 0 Å². The van der Waals surface area contributed by atoms with Gasteiger partial charge in [-0.3, -0.25) is 0 Å². The van der Waals surface area contributed by atoms with E-state index in [1.807, 2.05) is 12.1 Å². The Balaban J connectivity index is 3.28. The van der Waals surface area contributed by atoms with Crippen LogP contribution in [0.4, 0.5) is 0 Å². The van der Waals surface area contributed by atoms with Crippen LogP contribution in [0.3, 0.4) is 0 Å². The van der Waals surface area contributed by atoms with Gasteiger partial charge in [0.05, 0.1) is 11.1 Å². The van der Waals surface area contributed by atoms with Crippen molar-refractivity contribution in [2.75, 3.05) is 0 Å². The largest absolute Gasteiger partial charge is 0.193 e. The summed E-state index contributed by atoms with van der Waals surface area (Å²) in [4.78, 5) is 0. The molecule has 1 aromatic rings. The first-order valence-electron chi connectivity index (χ1n) is 3.77. The SMILES string of the molecule is C/C(C#N)=C(/Cl)c1cc(Cl)cc(Br)c1. The number of rotatable bonds is 1. The molecule has 0 amide bonds. The summed E-state index contributed by atoms with van der Waals surface area (Å²) in [5, 5.41) is 9.68. The van der Waals surface area contributed by atoms with Gasteiger partial charge < -0.3 is 0 Å². The molecule has 0 saturated carbocycles. The third kappa shape index (κ3) is 2.75. The van der Waals surface area contributed by atoms with Crippen molar-refractivity contribution in [3.8, 4) is 6.07 Å². The number of allylic oxidation sites excluding steroid dienone is 1. The molecular weight excluding hydrogens is 285 g/mol. The zero-order chi connectivity index (χ0) is 10.7. The molecule has 0 spiro atoms. The predicted molar refractivity (Wildman–Crippen MR) is 63.2 cm³/mol. The summed E-state index contributed by atoms with van der Waals surface area (Å²) < 4.78 is 0.837. The third-order valence-electron chi connectivity index (χ3n) is 1.61.